The lowest BCUT2D eigenvalue weighted by Crippen LogP contribution is -2.61. The Bertz CT molecular complexity index is 221. The van der Waals surface area contributed by atoms with E-state index in [0.29, 0.717) is 0 Å². The van der Waals surface area contributed by atoms with Crippen molar-refractivity contribution in [2.24, 2.45) is 5.92 Å². The fraction of sp³-hybridized carbons (Fsp3) is 1.00. The van der Waals surface area contributed by atoms with E-state index < -0.39 is 36.3 Å². The van der Waals surface area contributed by atoms with Gasteiger partial charge in [0.05, 0.1) is 31.5 Å². The van der Waals surface area contributed by atoms with Gasteiger partial charge in [0.1, 0.15) is 6.10 Å². The van der Waals surface area contributed by atoms with Gasteiger partial charge in [-0.25, -0.2) is 0 Å². The first kappa shape index (κ1) is 14.8. The summed E-state index contributed by atoms with van der Waals surface area (Å²) >= 11 is 0. The number of hydrogen-bond donors (Lipinski definition) is 7. The summed E-state index contributed by atoms with van der Waals surface area (Å²) in [5, 5.41) is 58.6. The van der Waals surface area contributed by atoms with Gasteiger partial charge in [0.15, 0.2) is 0 Å². The highest BCUT2D eigenvalue weighted by Crippen LogP contribution is 2.25. The van der Waals surface area contributed by atoms with Crippen molar-refractivity contribution in [2.75, 3.05) is 19.8 Å². The van der Waals surface area contributed by atoms with Crippen LogP contribution in [-0.4, -0.2) is 80.9 Å². The maximum Gasteiger partial charge on any atom is 0.108 e. The van der Waals surface area contributed by atoms with E-state index in [0.717, 1.165) is 0 Å². The summed E-state index contributed by atoms with van der Waals surface area (Å²) in [7, 11) is 0. The third-order valence-electron chi connectivity index (χ3n) is 3.28. The second kappa shape index (κ2) is 6.60. The minimum atomic E-state index is -1.35. The van der Waals surface area contributed by atoms with Gasteiger partial charge >= 0.3 is 0 Å². The largest absolute Gasteiger partial charge is 0.396 e. The molecule has 7 N–H and O–H groups in total. The molecule has 0 aromatic carbocycles. The van der Waals surface area contributed by atoms with Crippen LogP contribution < -0.4 is 5.32 Å². The van der Waals surface area contributed by atoms with Gasteiger partial charge in [-0.05, 0) is 6.42 Å². The molecule has 102 valence electrons. The molecular formula is C10H21NO6. The minimum absolute atomic E-state index is 0.256. The van der Waals surface area contributed by atoms with Crippen molar-refractivity contribution in [1.82, 2.24) is 5.32 Å². The lowest BCUT2D eigenvalue weighted by Gasteiger charge is -2.41. The second-order valence-electron chi connectivity index (χ2n) is 4.49. The summed E-state index contributed by atoms with van der Waals surface area (Å²) < 4.78 is 0. The SMILES string of the molecule is OCC(CO)NC1CC(CO)[C@@H](O)[C@H](O)C1O. The third kappa shape index (κ3) is 3.35. The Kier molecular flexibility index (Phi) is 5.74. The molecule has 17 heavy (non-hydrogen) atoms. The molecule has 0 amide bonds. The molecule has 0 aliphatic heterocycles. The van der Waals surface area contributed by atoms with Crippen LogP contribution in [0.5, 0.6) is 0 Å². The van der Waals surface area contributed by atoms with Crippen LogP contribution in [0.3, 0.4) is 0 Å². The molecular weight excluding hydrogens is 230 g/mol. The Morgan fingerprint density at radius 3 is 2.00 bits per heavy atom. The Hall–Kier alpha value is -0.280. The summed E-state index contributed by atoms with van der Waals surface area (Å²) in [4.78, 5) is 0. The number of nitrogens with one attached hydrogen (secondary N) is 1. The van der Waals surface area contributed by atoms with Gasteiger partial charge < -0.3 is 36.0 Å². The topological polar surface area (TPSA) is 133 Å². The van der Waals surface area contributed by atoms with Gasteiger partial charge in [0.25, 0.3) is 0 Å². The molecule has 5 atom stereocenters. The summed E-state index contributed by atoms with van der Waals surface area (Å²) in [6.07, 6.45) is -3.47. The van der Waals surface area contributed by atoms with Crippen LogP contribution in [0.4, 0.5) is 0 Å². The van der Waals surface area contributed by atoms with Crippen molar-refractivity contribution in [3.05, 3.63) is 0 Å². The van der Waals surface area contributed by atoms with Crippen molar-refractivity contribution in [3.8, 4) is 0 Å². The molecule has 0 bridgehead atoms. The van der Waals surface area contributed by atoms with Crippen molar-refractivity contribution in [2.45, 2.75) is 36.8 Å². The van der Waals surface area contributed by atoms with Crippen LogP contribution in [0, 0.1) is 5.92 Å². The first-order chi connectivity index (χ1) is 8.04. The normalized spacial score (nSPS) is 38.6. The first-order valence-electron chi connectivity index (χ1n) is 5.68. The highest BCUT2D eigenvalue weighted by atomic mass is 16.4. The molecule has 7 heteroatoms. The number of rotatable bonds is 5. The van der Waals surface area contributed by atoms with Gasteiger partial charge in [-0.15, -0.1) is 0 Å². The van der Waals surface area contributed by atoms with Crippen molar-refractivity contribution in [3.63, 3.8) is 0 Å². The lowest BCUT2D eigenvalue weighted by molar-refractivity contribution is -0.132. The standard InChI is InChI=1S/C10H21NO6/c12-2-5-1-7(11-6(3-13)4-14)9(16)10(17)8(5)15/h5-17H,1-4H2/t5?,7?,8-,9?,10+/m1/s1. The van der Waals surface area contributed by atoms with Crippen LogP contribution in [0.25, 0.3) is 0 Å². The fourth-order valence-electron chi connectivity index (χ4n) is 2.14. The number of hydrogen-bond acceptors (Lipinski definition) is 7. The number of aliphatic hydroxyl groups is 6. The van der Waals surface area contributed by atoms with Gasteiger partial charge in [-0.3, -0.25) is 0 Å². The summed E-state index contributed by atoms with van der Waals surface area (Å²) in [5.41, 5.74) is 0. The number of aliphatic hydroxyl groups excluding tert-OH is 6. The smallest absolute Gasteiger partial charge is 0.108 e. The molecule has 0 spiro atoms. The van der Waals surface area contributed by atoms with E-state index in [1.54, 1.807) is 0 Å². The molecule has 0 heterocycles. The third-order valence-corrected chi connectivity index (χ3v) is 3.28. The van der Waals surface area contributed by atoms with Gasteiger partial charge in [-0.1, -0.05) is 0 Å². The van der Waals surface area contributed by atoms with E-state index in [2.05, 4.69) is 5.32 Å². The molecule has 7 nitrogen and oxygen atoms in total. The van der Waals surface area contributed by atoms with E-state index in [1.807, 2.05) is 0 Å². The van der Waals surface area contributed by atoms with E-state index in [1.165, 1.54) is 0 Å². The van der Waals surface area contributed by atoms with Gasteiger partial charge in [0, 0.05) is 18.6 Å². The zero-order valence-corrected chi connectivity index (χ0v) is 9.48. The van der Waals surface area contributed by atoms with Crippen LogP contribution in [0.1, 0.15) is 6.42 Å². The second-order valence-corrected chi connectivity index (χ2v) is 4.49. The average molecular weight is 251 g/mol. The minimum Gasteiger partial charge on any atom is -0.396 e. The highest BCUT2D eigenvalue weighted by Gasteiger charge is 2.42. The van der Waals surface area contributed by atoms with Crippen LogP contribution in [0.2, 0.25) is 0 Å². The van der Waals surface area contributed by atoms with Crippen LogP contribution >= 0.6 is 0 Å². The van der Waals surface area contributed by atoms with E-state index >= 15 is 0 Å². The molecule has 0 aromatic heterocycles. The van der Waals surface area contributed by atoms with Crippen LogP contribution in [-0.2, 0) is 0 Å². The quantitative estimate of drug-likeness (QED) is 0.268. The molecule has 1 fully saturated rings. The maximum atomic E-state index is 9.74. The fourth-order valence-corrected chi connectivity index (χ4v) is 2.14. The molecule has 0 radical (unpaired) electrons. The van der Waals surface area contributed by atoms with E-state index in [-0.39, 0.29) is 26.2 Å². The zero-order valence-electron chi connectivity index (χ0n) is 9.48. The molecule has 1 rings (SSSR count). The Labute approximate surface area is 99.3 Å². The summed E-state index contributed by atoms with van der Waals surface area (Å²) in [5.74, 6) is -0.538. The zero-order chi connectivity index (χ0) is 13.0. The van der Waals surface area contributed by atoms with E-state index in [9.17, 15) is 15.3 Å². The van der Waals surface area contributed by atoms with E-state index in [4.69, 9.17) is 15.3 Å². The predicted octanol–water partition coefficient (Wildman–Crippen LogP) is -3.61. The summed E-state index contributed by atoms with van der Waals surface area (Å²) in [6, 6.07) is -1.19. The van der Waals surface area contributed by atoms with Gasteiger partial charge in [-0.2, -0.15) is 0 Å². The molecule has 1 saturated carbocycles. The molecule has 1 aliphatic carbocycles. The Morgan fingerprint density at radius 1 is 0.941 bits per heavy atom. The molecule has 0 saturated heterocycles. The lowest BCUT2D eigenvalue weighted by atomic mass is 9.79. The highest BCUT2D eigenvalue weighted by molar-refractivity contribution is 4.96. The van der Waals surface area contributed by atoms with Crippen molar-refractivity contribution < 1.29 is 30.6 Å². The Morgan fingerprint density at radius 2 is 1.53 bits per heavy atom. The Balaban J connectivity index is 2.65. The average Bonchev–Trinajstić information content (AvgIpc) is 2.35. The van der Waals surface area contributed by atoms with Crippen molar-refractivity contribution >= 4 is 0 Å². The molecule has 1 aliphatic rings. The van der Waals surface area contributed by atoms with Crippen molar-refractivity contribution in [1.29, 1.82) is 0 Å². The maximum absolute atomic E-state index is 9.74. The monoisotopic (exact) mass is 251 g/mol. The molecule has 0 aromatic rings. The van der Waals surface area contributed by atoms with Crippen LogP contribution in [0.15, 0.2) is 0 Å². The predicted molar refractivity (Wildman–Crippen MR) is 58.1 cm³/mol. The summed E-state index contributed by atoms with van der Waals surface area (Å²) in [6.45, 7) is -0.906. The van der Waals surface area contributed by atoms with Gasteiger partial charge in [0.2, 0.25) is 0 Å². The molecule has 3 unspecified atom stereocenters. The first-order valence-corrected chi connectivity index (χ1v) is 5.68.